The standard InChI is InChI=1S/C18H28N4O2/c1-5-15(19)14-7-6-13(12-16(14)20)21-8-10-22(11-9-21)17(23)24-18(2,3)4/h6-7,12,19H,5,8-11,20H2,1-4H3. The summed E-state index contributed by atoms with van der Waals surface area (Å²) in [4.78, 5) is 16.1. The van der Waals surface area contributed by atoms with Crippen molar-refractivity contribution < 1.29 is 9.53 Å². The fourth-order valence-corrected chi connectivity index (χ4v) is 2.69. The van der Waals surface area contributed by atoms with Crippen LogP contribution in [0.4, 0.5) is 16.2 Å². The summed E-state index contributed by atoms with van der Waals surface area (Å²) in [6.07, 6.45) is 0.409. The number of amides is 1. The van der Waals surface area contributed by atoms with Crippen LogP contribution >= 0.6 is 0 Å². The Morgan fingerprint density at radius 3 is 2.38 bits per heavy atom. The van der Waals surface area contributed by atoms with Gasteiger partial charge < -0.3 is 25.7 Å². The number of hydrogen-bond donors (Lipinski definition) is 2. The van der Waals surface area contributed by atoms with Crippen LogP contribution in [0.1, 0.15) is 39.7 Å². The van der Waals surface area contributed by atoms with Crippen LogP contribution in [0.2, 0.25) is 0 Å². The number of nitrogens with two attached hydrogens (primary N) is 1. The van der Waals surface area contributed by atoms with Crippen LogP contribution in [0.3, 0.4) is 0 Å². The Hall–Kier alpha value is -2.24. The number of anilines is 2. The molecule has 1 aromatic rings. The summed E-state index contributed by atoms with van der Waals surface area (Å²) in [5.74, 6) is 0. The van der Waals surface area contributed by atoms with Gasteiger partial charge in [0.05, 0.1) is 0 Å². The van der Waals surface area contributed by atoms with Crippen molar-refractivity contribution >= 4 is 23.2 Å². The van der Waals surface area contributed by atoms with Crippen LogP contribution in [0, 0.1) is 5.41 Å². The van der Waals surface area contributed by atoms with E-state index in [0.29, 0.717) is 30.9 Å². The smallest absolute Gasteiger partial charge is 0.410 e. The second-order valence-corrected chi connectivity index (χ2v) is 7.06. The average Bonchev–Trinajstić information content (AvgIpc) is 2.52. The summed E-state index contributed by atoms with van der Waals surface area (Å²) in [7, 11) is 0. The van der Waals surface area contributed by atoms with Crippen molar-refractivity contribution in [3.63, 3.8) is 0 Å². The van der Waals surface area contributed by atoms with Gasteiger partial charge in [-0.25, -0.2) is 4.79 Å². The van der Waals surface area contributed by atoms with E-state index in [-0.39, 0.29) is 6.09 Å². The number of nitrogens with one attached hydrogen (secondary N) is 1. The van der Waals surface area contributed by atoms with Crippen molar-refractivity contribution in [1.82, 2.24) is 4.90 Å². The predicted octanol–water partition coefficient (Wildman–Crippen LogP) is 3.10. The fraction of sp³-hybridized carbons (Fsp3) is 0.556. The average molecular weight is 332 g/mol. The van der Waals surface area contributed by atoms with E-state index in [0.717, 1.165) is 24.3 Å². The van der Waals surface area contributed by atoms with E-state index < -0.39 is 5.60 Å². The van der Waals surface area contributed by atoms with E-state index >= 15 is 0 Å². The summed E-state index contributed by atoms with van der Waals surface area (Å²) in [6.45, 7) is 10.3. The minimum atomic E-state index is -0.470. The Labute approximate surface area is 144 Å². The summed E-state index contributed by atoms with van der Waals surface area (Å²) in [6, 6.07) is 5.83. The third-order valence-corrected chi connectivity index (χ3v) is 4.01. The molecule has 0 unspecified atom stereocenters. The first-order valence-electron chi connectivity index (χ1n) is 8.41. The maximum atomic E-state index is 12.1. The molecular weight excluding hydrogens is 304 g/mol. The number of hydrogen-bond acceptors (Lipinski definition) is 5. The lowest BCUT2D eigenvalue weighted by atomic mass is 10.0. The lowest BCUT2D eigenvalue weighted by Gasteiger charge is -2.37. The number of nitrogen functional groups attached to an aromatic ring is 1. The quantitative estimate of drug-likeness (QED) is 0.658. The molecule has 1 saturated heterocycles. The molecular formula is C18H28N4O2. The monoisotopic (exact) mass is 332 g/mol. The highest BCUT2D eigenvalue weighted by molar-refractivity contribution is 6.02. The van der Waals surface area contributed by atoms with Crippen LogP contribution < -0.4 is 10.6 Å². The second-order valence-electron chi connectivity index (χ2n) is 7.06. The van der Waals surface area contributed by atoms with Crippen LogP contribution in [0.15, 0.2) is 18.2 Å². The third-order valence-electron chi connectivity index (χ3n) is 4.01. The number of ether oxygens (including phenoxy) is 1. The van der Waals surface area contributed by atoms with Gasteiger partial charge in [0.2, 0.25) is 0 Å². The molecule has 2 rings (SSSR count). The SMILES string of the molecule is CCC(=N)c1ccc(N2CCN(C(=O)OC(C)(C)C)CC2)cc1N. The number of rotatable bonds is 3. The van der Waals surface area contributed by atoms with E-state index in [1.165, 1.54) is 0 Å². The lowest BCUT2D eigenvalue weighted by molar-refractivity contribution is 0.0240. The van der Waals surface area contributed by atoms with Gasteiger partial charge in [0.25, 0.3) is 0 Å². The van der Waals surface area contributed by atoms with Crippen molar-refractivity contribution in [3.8, 4) is 0 Å². The molecule has 1 aromatic carbocycles. The molecule has 132 valence electrons. The largest absolute Gasteiger partial charge is 0.444 e. The Morgan fingerprint density at radius 1 is 1.25 bits per heavy atom. The first-order valence-corrected chi connectivity index (χ1v) is 8.41. The molecule has 6 nitrogen and oxygen atoms in total. The summed E-state index contributed by atoms with van der Waals surface area (Å²) >= 11 is 0. The Morgan fingerprint density at radius 2 is 1.88 bits per heavy atom. The third kappa shape index (κ3) is 4.40. The molecule has 0 radical (unpaired) electrons. The van der Waals surface area contributed by atoms with E-state index in [2.05, 4.69) is 4.90 Å². The van der Waals surface area contributed by atoms with Gasteiger partial charge in [-0.15, -0.1) is 0 Å². The highest BCUT2D eigenvalue weighted by Gasteiger charge is 2.26. The highest BCUT2D eigenvalue weighted by Crippen LogP contribution is 2.24. The number of carbonyl (C=O) groups is 1. The van der Waals surface area contributed by atoms with Crippen molar-refractivity contribution in [2.24, 2.45) is 0 Å². The Bertz CT molecular complexity index is 614. The minimum absolute atomic E-state index is 0.256. The van der Waals surface area contributed by atoms with Gasteiger partial charge in [0, 0.05) is 48.8 Å². The molecule has 0 spiro atoms. The summed E-state index contributed by atoms with van der Waals surface area (Å²) < 4.78 is 5.42. The van der Waals surface area contributed by atoms with Gasteiger partial charge in [-0.2, -0.15) is 0 Å². The zero-order chi connectivity index (χ0) is 17.9. The molecule has 3 N–H and O–H groups in total. The van der Waals surface area contributed by atoms with Gasteiger partial charge in [-0.3, -0.25) is 0 Å². The molecule has 6 heteroatoms. The summed E-state index contributed by atoms with van der Waals surface area (Å²) in [5.41, 5.74) is 8.64. The number of nitrogens with zero attached hydrogens (tertiary/aromatic N) is 2. The molecule has 1 aliphatic heterocycles. The van der Waals surface area contributed by atoms with Gasteiger partial charge in [0.15, 0.2) is 0 Å². The zero-order valence-corrected chi connectivity index (χ0v) is 15.1. The van der Waals surface area contributed by atoms with Gasteiger partial charge >= 0.3 is 6.09 Å². The molecule has 0 aromatic heterocycles. The summed E-state index contributed by atoms with van der Waals surface area (Å²) in [5, 5.41) is 7.93. The molecule has 1 heterocycles. The van der Waals surface area contributed by atoms with Crippen LogP contribution in [-0.2, 0) is 4.74 Å². The predicted molar refractivity (Wildman–Crippen MR) is 98.0 cm³/mol. The number of carbonyl (C=O) groups excluding carboxylic acids is 1. The number of piperazine rings is 1. The second kappa shape index (κ2) is 7.11. The van der Waals surface area contributed by atoms with E-state index in [1.54, 1.807) is 4.90 Å². The number of benzene rings is 1. The molecule has 1 fully saturated rings. The maximum absolute atomic E-state index is 12.1. The van der Waals surface area contributed by atoms with Crippen molar-refractivity contribution in [2.75, 3.05) is 36.8 Å². The molecule has 0 bridgehead atoms. The molecule has 0 aliphatic carbocycles. The van der Waals surface area contributed by atoms with Crippen molar-refractivity contribution in [2.45, 2.75) is 39.7 Å². The van der Waals surface area contributed by atoms with Crippen molar-refractivity contribution in [3.05, 3.63) is 23.8 Å². The molecule has 0 saturated carbocycles. The Balaban J connectivity index is 1.98. The van der Waals surface area contributed by atoms with E-state index in [1.807, 2.05) is 45.9 Å². The van der Waals surface area contributed by atoms with Crippen molar-refractivity contribution in [1.29, 1.82) is 5.41 Å². The minimum Gasteiger partial charge on any atom is -0.444 e. The normalized spacial score (nSPS) is 15.3. The van der Waals surface area contributed by atoms with Gasteiger partial charge in [0.1, 0.15) is 5.60 Å². The molecule has 24 heavy (non-hydrogen) atoms. The molecule has 0 atom stereocenters. The van der Waals surface area contributed by atoms with E-state index in [9.17, 15) is 4.79 Å². The molecule has 1 amide bonds. The zero-order valence-electron chi connectivity index (χ0n) is 15.1. The Kier molecular flexibility index (Phi) is 5.36. The molecule has 1 aliphatic rings. The maximum Gasteiger partial charge on any atom is 0.410 e. The topological polar surface area (TPSA) is 82.7 Å². The van der Waals surface area contributed by atoms with E-state index in [4.69, 9.17) is 15.9 Å². The fourth-order valence-electron chi connectivity index (χ4n) is 2.69. The van der Waals surface area contributed by atoms with Crippen LogP contribution in [-0.4, -0.2) is 48.5 Å². The highest BCUT2D eigenvalue weighted by atomic mass is 16.6. The van der Waals surface area contributed by atoms with Gasteiger partial charge in [-0.05, 0) is 45.4 Å². The lowest BCUT2D eigenvalue weighted by Crippen LogP contribution is -2.50. The first kappa shape index (κ1) is 18.1. The van der Waals surface area contributed by atoms with Gasteiger partial charge in [-0.1, -0.05) is 6.92 Å². The van der Waals surface area contributed by atoms with Crippen LogP contribution in [0.25, 0.3) is 0 Å². The first-order chi connectivity index (χ1) is 11.2. The van der Waals surface area contributed by atoms with Crippen LogP contribution in [0.5, 0.6) is 0 Å².